The average molecular weight is 671 g/mol. The van der Waals surface area contributed by atoms with E-state index in [0.29, 0.717) is 49.1 Å². The molecule has 0 N–H and O–H groups in total. The summed E-state index contributed by atoms with van der Waals surface area (Å²) in [6.07, 6.45) is 4.98. The Morgan fingerprint density at radius 3 is 2.02 bits per heavy atom. The second-order valence-corrected chi connectivity index (χ2v) is 11.5. The predicted octanol–water partition coefficient (Wildman–Crippen LogP) is 7.14. The van der Waals surface area contributed by atoms with E-state index in [1.165, 1.54) is 7.11 Å². The zero-order valence-corrected chi connectivity index (χ0v) is 28.0. The molecular weight excluding hydrogens is 628 g/mol. The summed E-state index contributed by atoms with van der Waals surface area (Å²) in [5.41, 5.74) is 4.76. The molecule has 3 aromatic carbocycles. The third-order valence-corrected chi connectivity index (χ3v) is 7.95. The molecule has 0 aromatic heterocycles. The minimum atomic E-state index is -0.636. The number of hydrogen-bond acceptors (Lipinski definition) is 10. The Bertz CT molecular complexity index is 1660. The minimum Gasteiger partial charge on any atom is -0.494 e. The molecule has 0 fully saturated rings. The van der Waals surface area contributed by atoms with E-state index in [1.807, 2.05) is 30.3 Å². The molecule has 1 atom stereocenters. The summed E-state index contributed by atoms with van der Waals surface area (Å²) < 4.78 is 32.0. The fraction of sp³-hybridized carbons (Fsp3) is 0.333. The second kappa shape index (κ2) is 18.2. The lowest BCUT2D eigenvalue weighted by molar-refractivity contribution is -0.144. The summed E-state index contributed by atoms with van der Waals surface area (Å²) in [6, 6.07) is 18.5. The van der Waals surface area contributed by atoms with Crippen LogP contribution in [0.25, 0.3) is 11.1 Å². The summed E-state index contributed by atoms with van der Waals surface area (Å²) in [5, 5.41) is 0. The molecule has 0 bridgehead atoms. The van der Waals surface area contributed by atoms with Gasteiger partial charge in [0.1, 0.15) is 17.2 Å². The van der Waals surface area contributed by atoms with Crippen molar-refractivity contribution in [3.05, 3.63) is 102 Å². The normalized spacial score (nSPS) is 12.6. The lowest BCUT2D eigenvalue weighted by Gasteiger charge is -2.11. The first-order valence-electron chi connectivity index (χ1n) is 16.3. The Morgan fingerprint density at radius 2 is 1.31 bits per heavy atom. The molecule has 49 heavy (non-hydrogen) atoms. The van der Waals surface area contributed by atoms with Crippen LogP contribution in [0.2, 0.25) is 0 Å². The van der Waals surface area contributed by atoms with Crippen LogP contribution < -0.4 is 14.2 Å². The van der Waals surface area contributed by atoms with E-state index in [2.05, 4.69) is 24.8 Å². The minimum absolute atomic E-state index is 0.0364. The molecule has 10 heteroatoms. The highest BCUT2D eigenvalue weighted by molar-refractivity contribution is 5.94. The maximum absolute atomic E-state index is 13.1. The third-order valence-electron chi connectivity index (χ3n) is 7.95. The number of benzene rings is 3. The molecule has 0 saturated carbocycles. The second-order valence-electron chi connectivity index (χ2n) is 11.5. The summed E-state index contributed by atoms with van der Waals surface area (Å²) in [4.78, 5) is 47.3. The van der Waals surface area contributed by atoms with E-state index < -0.39 is 23.9 Å². The Kier molecular flexibility index (Phi) is 13.6. The van der Waals surface area contributed by atoms with Crippen molar-refractivity contribution in [1.82, 2.24) is 0 Å². The van der Waals surface area contributed by atoms with E-state index in [1.54, 1.807) is 30.3 Å². The SMILES string of the molecule is C=CC(=O)OCCCCCCOc1ccc(OC(=O)c2ccc3c(c2)C(C)c2cc(OCCCOC(=O)C(=C)CC(=O)OC)ccc2-3)cc1. The Morgan fingerprint density at radius 1 is 0.714 bits per heavy atom. The van der Waals surface area contributed by atoms with Gasteiger partial charge >= 0.3 is 23.9 Å². The van der Waals surface area contributed by atoms with Crippen molar-refractivity contribution in [2.45, 2.75) is 51.4 Å². The fourth-order valence-corrected chi connectivity index (χ4v) is 5.28. The lowest BCUT2D eigenvalue weighted by atomic mass is 9.98. The van der Waals surface area contributed by atoms with Crippen LogP contribution in [0.4, 0.5) is 0 Å². The number of unbranched alkanes of at least 4 members (excludes halogenated alkanes) is 3. The maximum Gasteiger partial charge on any atom is 0.343 e. The molecular formula is C39H42O10. The molecule has 0 aliphatic heterocycles. The molecule has 0 radical (unpaired) electrons. The van der Waals surface area contributed by atoms with Gasteiger partial charge in [0.2, 0.25) is 0 Å². The molecule has 1 aliphatic carbocycles. The zero-order valence-electron chi connectivity index (χ0n) is 28.0. The summed E-state index contributed by atoms with van der Waals surface area (Å²) in [5.74, 6) is -0.194. The number of carbonyl (C=O) groups is 4. The quantitative estimate of drug-likeness (QED) is 0.0428. The van der Waals surface area contributed by atoms with E-state index in [0.717, 1.165) is 54.0 Å². The molecule has 0 heterocycles. The van der Waals surface area contributed by atoms with Gasteiger partial charge in [-0.05, 0) is 96.5 Å². The molecule has 4 rings (SSSR count). The number of ether oxygens (including phenoxy) is 6. The van der Waals surface area contributed by atoms with Gasteiger partial charge in [0.25, 0.3) is 0 Å². The fourth-order valence-electron chi connectivity index (χ4n) is 5.28. The van der Waals surface area contributed by atoms with Crippen molar-refractivity contribution in [3.8, 4) is 28.4 Å². The van der Waals surface area contributed by atoms with Crippen LogP contribution in [-0.2, 0) is 28.6 Å². The Hall–Kier alpha value is -5.38. The first kappa shape index (κ1) is 36.5. The average Bonchev–Trinajstić information content (AvgIpc) is 3.39. The first-order valence-corrected chi connectivity index (χ1v) is 16.3. The lowest BCUT2D eigenvalue weighted by Crippen LogP contribution is -2.13. The van der Waals surface area contributed by atoms with Crippen LogP contribution in [-0.4, -0.2) is 57.4 Å². The number of carbonyl (C=O) groups excluding carboxylic acids is 4. The highest BCUT2D eigenvalue weighted by atomic mass is 16.5. The van der Waals surface area contributed by atoms with E-state index in [-0.39, 0.29) is 24.5 Å². The van der Waals surface area contributed by atoms with Gasteiger partial charge in [0.05, 0.1) is 45.5 Å². The van der Waals surface area contributed by atoms with Gasteiger partial charge in [0.15, 0.2) is 0 Å². The van der Waals surface area contributed by atoms with Crippen molar-refractivity contribution in [3.63, 3.8) is 0 Å². The maximum atomic E-state index is 13.1. The van der Waals surface area contributed by atoms with Crippen LogP contribution in [0.5, 0.6) is 17.2 Å². The molecule has 1 aliphatic rings. The van der Waals surface area contributed by atoms with Crippen molar-refractivity contribution in [2.75, 3.05) is 33.5 Å². The van der Waals surface area contributed by atoms with E-state index in [4.69, 9.17) is 23.7 Å². The third kappa shape index (κ3) is 10.6. The van der Waals surface area contributed by atoms with Gasteiger partial charge < -0.3 is 28.4 Å². The van der Waals surface area contributed by atoms with Crippen molar-refractivity contribution in [2.24, 2.45) is 0 Å². The number of rotatable bonds is 19. The molecule has 0 amide bonds. The van der Waals surface area contributed by atoms with Crippen molar-refractivity contribution < 1.29 is 47.6 Å². The van der Waals surface area contributed by atoms with Crippen LogP contribution >= 0.6 is 0 Å². The molecule has 10 nitrogen and oxygen atoms in total. The van der Waals surface area contributed by atoms with Crippen LogP contribution in [0.15, 0.2) is 85.5 Å². The first-order chi connectivity index (χ1) is 23.7. The summed E-state index contributed by atoms with van der Waals surface area (Å²) in [6.45, 7) is 10.4. The largest absolute Gasteiger partial charge is 0.494 e. The topological polar surface area (TPSA) is 124 Å². The Balaban J connectivity index is 1.21. The molecule has 0 saturated heterocycles. The van der Waals surface area contributed by atoms with Gasteiger partial charge in [-0.1, -0.05) is 32.2 Å². The number of esters is 4. The van der Waals surface area contributed by atoms with Crippen molar-refractivity contribution >= 4 is 23.9 Å². The van der Waals surface area contributed by atoms with Gasteiger partial charge in [0, 0.05) is 24.0 Å². The van der Waals surface area contributed by atoms with Gasteiger partial charge in [-0.3, -0.25) is 4.79 Å². The molecule has 1 unspecified atom stereocenters. The van der Waals surface area contributed by atoms with Gasteiger partial charge in [-0.15, -0.1) is 0 Å². The number of hydrogen-bond donors (Lipinski definition) is 0. The van der Waals surface area contributed by atoms with E-state index in [9.17, 15) is 19.2 Å². The summed E-state index contributed by atoms with van der Waals surface area (Å²) in [7, 11) is 1.24. The highest BCUT2D eigenvalue weighted by Gasteiger charge is 2.27. The van der Waals surface area contributed by atoms with Gasteiger partial charge in [-0.25, -0.2) is 14.4 Å². The predicted molar refractivity (Wildman–Crippen MR) is 183 cm³/mol. The van der Waals surface area contributed by atoms with E-state index >= 15 is 0 Å². The monoisotopic (exact) mass is 670 g/mol. The zero-order chi connectivity index (χ0) is 35.2. The van der Waals surface area contributed by atoms with Crippen LogP contribution in [0.1, 0.15) is 72.9 Å². The highest BCUT2D eigenvalue weighted by Crippen LogP contribution is 2.46. The van der Waals surface area contributed by atoms with Crippen LogP contribution in [0, 0.1) is 0 Å². The molecule has 0 spiro atoms. The molecule has 258 valence electrons. The van der Waals surface area contributed by atoms with Crippen LogP contribution in [0.3, 0.4) is 0 Å². The molecule has 3 aromatic rings. The van der Waals surface area contributed by atoms with Crippen molar-refractivity contribution in [1.29, 1.82) is 0 Å². The number of methoxy groups -OCH3 is 1. The number of fused-ring (bicyclic) bond motifs is 3. The smallest absolute Gasteiger partial charge is 0.343 e. The standard InChI is InChI=1S/C39H42O10/c1-5-36(40)47-20-9-7-6-8-19-45-29-12-14-30(15-13-29)49-39(43)28-11-17-32-33-18-16-31(25-35(33)27(3)34(32)24-28)46-21-10-22-48-38(42)26(2)23-37(41)44-4/h5,11-18,24-25,27H,1-2,6-10,19-23H2,3-4H3. The van der Waals surface area contributed by atoms with Gasteiger partial charge in [-0.2, -0.15) is 0 Å². The summed E-state index contributed by atoms with van der Waals surface area (Å²) >= 11 is 0. The Labute approximate surface area is 286 Å².